The number of thiazole rings is 1. The van der Waals surface area contributed by atoms with E-state index in [1.54, 1.807) is 24.4 Å². The second-order valence-corrected chi connectivity index (χ2v) is 6.53. The standard InChI is InChI=1S/C11H12N2O3S2/c1-8-6-12-11(17-8)13-18(15,16)10-5-3-2-4-9(10)7-14/h2-6,14H,7H2,1H3,(H,12,13). The largest absolute Gasteiger partial charge is 0.392 e. The fourth-order valence-electron chi connectivity index (χ4n) is 1.47. The first-order chi connectivity index (χ1) is 8.53. The molecule has 2 aromatic rings. The van der Waals surface area contributed by atoms with Crippen molar-refractivity contribution in [2.75, 3.05) is 4.72 Å². The van der Waals surface area contributed by atoms with Gasteiger partial charge in [0.1, 0.15) is 0 Å². The maximum absolute atomic E-state index is 12.1. The minimum atomic E-state index is -3.70. The van der Waals surface area contributed by atoms with Gasteiger partial charge >= 0.3 is 0 Å². The molecule has 5 nitrogen and oxygen atoms in total. The Morgan fingerprint density at radius 2 is 2.11 bits per heavy atom. The van der Waals surface area contributed by atoms with E-state index >= 15 is 0 Å². The molecule has 0 aliphatic carbocycles. The number of aryl methyl sites for hydroxylation is 1. The summed E-state index contributed by atoms with van der Waals surface area (Å²) in [5.74, 6) is 0. The summed E-state index contributed by atoms with van der Waals surface area (Å²) in [7, 11) is -3.70. The smallest absolute Gasteiger partial charge is 0.264 e. The molecule has 0 fully saturated rings. The average Bonchev–Trinajstić information content (AvgIpc) is 2.74. The van der Waals surface area contributed by atoms with Gasteiger partial charge in [0.15, 0.2) is 5.13 Å². The van der Waals surface area contributed by atoms with E-state index in [9.17, 15) is 8.42 Å². The highest BCUT2D eigenvalue weighted by Crippen LogP contribution is 2.22. The molecule has 0 aliphatic heterocycles. The molecular weight excluding hydrogens is 272 g/mol. The molecule has 1 aromatic heterocycles. The van der Waals surface area contributed by atoms with Gasteiger partial charge in [-0.05, 0) is 18.6 Å². The Morgan fingerprint density at radius 3 is 2.72 bits per heavy atom. The Hall–Kier alpha value is -1.44. The summed E-state index contributed by atoms with van der Waals surface area (Å²) in [4.78, 5) is 4.94. The molecule has 96 valence electrons. The first-order valence-electron chi connectivity index (χ1n) is 5.17. The zero-order valence-electron chi connectivity index (χ0n) is 9.62. The summed E-state index contributed by atoms with van der Waals surface area (Å²) < 4.78 is 26.7. The van der Waals surface area contributed by atoms with Gasteiger partial charge in [0.2, 0.25) is 0 Å². The third kappa shape index (κ3) is 2.69. The second kappa shape index (κ2) is 5.05. The van der Waals surface area contributed by atoms with Crippen molar-refractivity contribution in [1.82, 2.24) is 4.98 Å². The molecule has 0 spiro atoms. The first-order valence-corrected chi connectivity index (χ1v) is 7.47. The lowest BCUT2D eigenvalue weighted by atomic mass is 10.2. The number of aromatic nitrogens is 1. The van der Waals surface area contributed by atoms with Crippen LogP contribution in [0.2, 0.25) is 0 Å². The maximum Gasteiger partial charge on any atom is 0.264 e. The van der Waals surface area contributed by atoms with Crippen molar-refractivity contribution < 1.29 is 13.5 Å². The summed E-state index contributed by atoms with van der Waals surface area (Å²) in [6.45, 7) is 1.52. The van der Waals surface area contributed by atoms with Crippen molar-refractivity contribution in [3.63, 3.8) is 0 Å². The molecule has 0 saturated carbocycles. The van der Waals surface area contributed by atoms with Gasteiger partial charge in [-0.15, -0.1) is 11.3 Å². The van der Waals surface area contributed by atoms with Crippen molar-refractivity contribution in [2.24, 2.45) is 0 Å². The van der Waals surface area contributed by atoms with Gasteiger partial charge in [0.05, 0.1) is 11.5 Å². The first kappa shape index (κ1) is 13.0. The summed E-state index contributed by atoms with van der Waals surface area (Å²) >= 11 is 1.26. The molecule has 0 unspecified atom stereocenters. The van der Waals surface area contributed by atoms with Crippen LogP contribution >= 0.6 is 11.3 Å². The van der Waals surface area contributed by atoms with Crippen LogP contribution in [0, 0.1) is 6.92 Å². The topological polar surface area (TPSA) is 79.3 Å². The Kier molecular flexibility index (Phi) is 3.65. The van der Waals surface area contributed by atoms with Crippen molar-refractivity contribution >= 4 is 26.5 Å². The fraction of sp³-hybridized carbons (Fsp3) is 0.182. The van der Waals surface area contributed by atoms with Crippen LogP contribution in [0.15, 0.2) is 35.4 Å². The third-order valence-corrected chi connectivity index (χ3v) is 4.67. The van der Waals surface area contributed by atoms with Crippen molar-refractivity contribution in [2.45, 2.75) is 18.4 Å². The van der Waals surface area contributed by atoms with E-state index < -0.39 is 10.0 Å². The predicted molar refractivity (Wildman–Crippen MR) is 70.0 cm³/mol. The van der Waals surface area contributed by atoms with E-state index in [-0.39, 0.29) is 11.5 Å². The van der Waals surface area contributed by atoms with Crippen LogP contribution in [-0.2, 0) is 16.6 Å². The zero-order valence-corrected chi connectivity index (χ0v) is 11.3. The normalized spacial score (nSPS) is 11.4. The number of hydrogen-bond donors (Lipinski definition) is 2. The molecule has 0 radical (unpaired) electrons. The minimum absolute atomic E-state index is 0.0698. The van der Waals surface area contributed by atoms with E-state index in [1.807, 2.05) is 6.92 Å². The number of nitrogens with zero attached hydrogens (tertiary/aromatic N) is 1. The molecule has 0 atom stereocenters. The number of sulfonamides is 1. The van der Waals surface area contributed by atoms with Crippen LogP contribution in [0.25, 0.3) is 0 Å². The number of anilines is 1. The van der Waals surface area contributed by atoms with Gasteiger partial charge < -0.3 is 5.11 Å². The van der Waals surface area contributed by atoms with Gasteiger partial charge in [-0.25, -0.2) is 13.4 Å². The Bertz CT molecular complexity index is 650. The van der Waals surface area contributed by atoms with Crippen molar-refractivity contribution in [3.8, 4) is 0 Å². The molecule has 7 heteroatoms. The number of aliphatic hydroxyl groups is 1. The van der Waals surface area contributed by atoms with Gasteiger partial charge in [-0.3, -0.25) is 4.72 Å². The van der Waals surface area contributed by atoms with Crippen LogP contribution in [0.5, 0.6) is 0 Å². The van der Waals surface area contributed by atoms with E-state index in [1.165, 1.54) is 17.4 Å². The lowest BCUT2D eigenvalue weighted by molar-refractivity contribution is 0.278. The van der Waals surface area contributed by atoms with Crippen LogP contribution in [-0.4, -0.2) is 18.5 Å². The second-order valence-electron chi connectivity index (χ2n) is 3.65. The highest BCUT2D eigenvalue weighted by atomic mass is 32.2. The monoisotopic (exact) mass is 284 g/mol. The molecule has 1 aromatic carbocycles. The Labute approximate surface area is 109 Å². The van der Waals surface area contributed by atoms with Gasteiger partial charge in [0, 0.05) is 11.1 Å². The lowest BCUT2D eigenvalue weighted by Gasteiger charge is -2.08. The molecule has 0 bridgehead atoms. The number of aliphatic hydroxyl groups excluding tert-OH is 1. The SMILES string of the molecule is Cc1cnc(NS(=O)(=O)c2ccccc2CO)s1. The quantitative estimate of drug-likeness (QED) is 0.896. The maximum atomic E-state index is 12.1. The molecule has 0 amide bonds. The summed E-state index contributed by atoms with van der Waals surface area (Å²) in [5, 5.41) is 9.47. The number of benzene rings is 1. The molecule has 18 heavy (non-hydrogen) atoms. The zero-order chi connectivity index (χ0) is 13.2. The van der Waals surface area contributed by atoms with Crippen LogP contribution in [0.1, 0.15) is 10.4 Å². The molecule has 1 heterocycles. The third-order valence-electron chi connectivity index (χ3n) is 2.28. The van der Waals surface area contributed by atoms with E-state index in [4.69, 9.17) is 5.11 Å². The Morgan fingerprint density at radius 1 is 1.39 bits per heavy atom. The van der Waals surface area contributed by atoms with E-state index in [0.717, 1.165) is 4.88 Å². The molecule has 0 aliphatic rings. The van der Waals surface area contributed by atoms with Crippen molar-refractivity contribution in [1.29, 1.82) is 0 Å². The Balaban J connectivity index is 2.36. The number of hydrogen-bond acceptors (Lipinski definition) is 5. The summed E-state index contributed by atoms with van der Waals surface area (Å²) in [5.41, 5.74) is 0.360. The van der Waals surface area contributed by atoms with E-state index in [2.05, 4.69) is 9.71 Å². The highest BCUT2D eigenvalue weighted by molar-refractivity contribution is 7.93. The van der Waals surface area contributed by atoms with Gasteiger partial charge in [0.25, 0.3) is 10.0 Å². The number of rotatable bonds is 4. The molecule has 2 N–H and O–H groups in total. The van der Waals surface area contributed by atoms with Gasteiger partial charge in [-0.1, -0.05) is 18.2 Å². The lowest BCUT2D eigenvalue weighted by Crippen LogP contribution is -2.14. The van der Waals surface area contributed by atoms with Crippen LogP contribution < -0.4 is 4.72 Å². The van der Waals surface area contributed by atoms with Crippen molar-refractivity contribution in [3.05, 3.63) is 40.9 Å². The van der Waals surface area contributed by atoms with E-state index in [0.29, 0.717) is 10.7 Å². The predicted octanol–water partition coefficient (Wildman–Crippen LogP) is 1.74. The highest BCUT2D eigenvalue weighted by Gasteiger charge is 2.18. The average molecular weight is 284 g/mol. The van der Waals surface area contributed by atoms with Crippen LogP contribution in [0.4, 0.5) is 5.13 Å². The number of nitrogens with one attached hydrogen (secondary N) is 1. The molecular formula is C11H12N2O3S2. The molecule has 0 saturated heterocycles. The minimum Gasteiger partial charge on any atom is -0.392 e. The summed E-state index contributed by atoms with van der Waals surface area (Å²) in [6, 6.07) is 6.31. The van der Waals surface area contributed by atoms with Gasteiger partial charge in [-0.2, -0.15) is 0 Å². The molecule has 2 rings (SSSR count). The van der Waals surface area contributed by atoms with Crippen LogP contribution in [0.3, 0.4) is 0 Å². The fourth-order valence-corrected chi connectivity index (χ4v) is 3.61. The summed E-state index contributed by atoms with van der Waals surface area (Å²) in [6.07, 6.45) is 1.60.